The molecule has 0 aromatic carbocycles. The molecule has 0 aromatic rings. The molecule has 98 valence electrons. The molecule has 0 N–H and O–H groups in total. The molecular formula is C13H22O4. The zero-order valence-corrected chi connectivity index (χ0v) is 10.6. The fourth-order valence-electron chi connectivity index (χ4n) is 2.53. The first-order valence-corrected chi connectivity index (χ1v) is 6.74. The van der Waals surface area contributed by atoms with Crippen LogP contribution in [0.15, 0.2) is 0 Å². The van der Waals surface area contributed by atoms with Crippen molar-refractivity contribution in [3.63, 3.8) is 0 Å². The van der Waals surface area contributed by atoms with Gasteiger partial charge in [-0.1, -0.05) is 32.1 Å². The number of hydrogen-bond acceptors (Lipinski definition) is 4. The van der Waals surface area contributed by atoms with E-state index >= 15 is 0 Å². The summed E-state index contributed by atoms with van der Waals surface area (Å²) in [6, 6.07) is 0. The van der Waals surface area contributed by atoms with Crippen LogP contribution in [0.1, 0.15) is 51.9 Å². The second-order valence-corrected chi connectivity index (χ2v) is 5.03. The molecule has 4 heteroatoms. The van der Waals surface area contributed by atoms with Crippen molar-refractivity contribution in [2.45, 2.75) is 57.7 Å². The van der Waals surface area contributed by atoms with E-state index in [4.69, 9.17) is 14.2 Å². The van der Waals surface area contributed by atoms with E-state index in [0.717, 1.165) is 18.8 Å². The van der Waals surface area contributed by atoms with E-state index in [1.807, 2.05) is 0 Å². The number of carbonyl (C=O) groups is 1. The molecular weight excluding hydrogens is 220 g/mol. The molecule has 0 bridgehead atoms. The Morgan fingerprint density at radius 3 is 2.65 bits per heavy atom. The van der Waals surface area contributed by atoms with Crippen LogP contribution >= 0.6 is 0 Å². The first-order chi connectivity index (χ1) is 8.24. The number of carbonyl (C=O) groups excluding carboxylic acids is 1. The average Bonchev–Trinajstić information content (AvgIpc) is 3.08. The third-order valence-electron chi connectivity index (χ3n) is 3.66. The highest BCUT2D eigenvalue weighted by Crippen LogP contribution is 2.38. The lowest BCUT2D eigenvalue weighted by atomic mass is 9.85. The molecule has 17 heavy (non-hydrogen) atoms. The third kappa shape index (κ3) is 3.87. The predicted molar refractivity (Wildman–Crippen MR) is 62.6 cm³/mol. The Hall–Kier alpha value is -0.770. The van der Waals surface area contributed by atoms with Crippen LogP contribution in [-0.2, 0) is 14.2 Å². The second kappa shape index (κ2) is 5.71. The van der Waals surface area contributed by atoms with Crippen molar-refractivity contribution < 1.29 is 19.0 Å². The minimum absolute atomic E-state index is 0.345. The molecule has 1 aliphatic heterocycles. The Kier molecular flexibility index (Phi) is 4.26. The lowest BCUT2D eigenvalue weighted by molar-refractivity contribution is -0.0403. The van der Waals surface area contributed by atoms with E-state index in [1.54, 1.807) is 6.92 Å². The maximum Gasteiger partial charge on any atom is 0.510 e. The molecule has 1 atom stereocenters. The van der Waals surface area contributed by atoms with Gasteiger partial charge in [0.2, 0.25) is 5.79 Å². The summed E-state index contributed by atoms with van der Waals surface area (Å²) in [4.78, 5) is 11.2. The van der Waals surface area contributed by atoms with Gasteiger partial charge in [0.15, 0.2) is 0 Å². The van der Waals surface area contributed by atoms with Gasteiger partial charge in [-0.25, -0.2) is 4.79 Å². The molecule has 1 saturated carbocycles. The number of hydrogen-bond donors (Lipinski definition) is 0. The van der Waals surface area contributed by atoms with Gasteiger partial charge in [-0.05, 0) is 19.3 Å². The molecule has 1 heterocycles. The SMILES string of the molecule is CCOC(=O)OC1(CCC2CCCCC2)CO1. The summed E-state index contributed by atoms with van der Waals surface area (Å²) in [6.45, 7) is 2.64. The highest BCUT2D eigenvalue weighted by atomic mass is 16.8. The molecule has 2 aliphatic rings. The first-order valence-electron chi connectivity index (χ1n) is 6.74. The smallest absolute Gasteiger partial charge is 0.435 e. The first kappa shape index (κ1) is 12.7. The Morgan fingerprint density at radius 2 is 2.06 bits per heavy atom. The van der Waals surface area contributed by atoms with Gasteiger partial charge in [0.05, 0.1) is 6.61 Å². The van der Waals surface area contributed by atoms with Gasteiger partial charge in [-0.2, -0.15) is 0 Å². The quantitative estimate of drug-likeness (QED) is 0.548. The summed E-state index contributed by atoms with van der Waals surface area (Å²) in [6.07, 6.45) is 8.00. The molecule has 2 rings (SSSR count). The molecule has 1 unspecified atom stereocenters. The zero-order valence-electron chi connectivity index (χ0n) is 10.6. The molecule has 0 radical (unpaired) electrons. The Balaban J connectivity index is 1.68. The number of epoxide rings is 1. The predicted octanol–water partition coefficient (Wildman–Crippen LogP) is 3.25. The standard InChI is InChI=1S/C13H22O4/c1-2-15-12(14)17-13(10-16-13)9-8-11-6-4-3-5-7-11/h11H,2-10H2,1H3. The fourth-order valence-corrected chi connectivity index (χ4v) is 2.53. The topological polar surface area (TPSA) is 48.1 Å². The highest BCUT2D eigenvalue weighted by Gasteiger charge is 2.49. The Bertz CT molecular complexity index is 254. The molecule has 0 amide bonds. The van der Waals surface area contributed by atoms with Crippen LogP contribution < -0.4 is 0 Å². The van der Waals surface area contributed by atoms with Crippen molar-refractivity contribution in [3.8, 4) is 0 Å². The van der Waals surface area contributed by atoms with Crippen LogP contribution in [0.5, 0.6) is 0 Å². The van der Waals surface area contributed by atoms with Gasteiger partial charge >= 0.3 is 6.16 Å². The van der Waals surface area contributed by atoms with E-state index in [2.05, 4.69) is 0 Å². The fraction of sp³-hybridized carbons (Fsp3) is 0.923. The van der Waals surface area contributed by atoms with Crippen LogP contribution in [0, 0.1) is 5.92 Å². The minimum Gasteiger partial charge on any atom is -0.435 e. The molecule has 1 aliphatic carbocycles. The average molecular weight is 242 g/mol. The molecule has 2 fully saturated rings. The van der Waals surface area contributed by atoms with E-state index in [1.165, 1.54) is 32.1 Å². The number of ether oxygens (including phenoxy) is 3. The summed E-state index contributed by atoms with van der Waals surface area (Å²) in [5, 5.41) is 0. The Morgan fingerprint density at radius 1 is 1.35 bits per heavy atom. The van der Waals surface area contributed by atoms with E-state index in [-0.39, 0.29) is 0 Å². The lowest BCUT2D eigenvalue weighted by Crippen LogP contribution is -2.23. The summed E-state index contributed by atoms with van der Waals surface area (Å²) in [5.74, 6) is 0.139. The van der Waals surface area contributed by atoms with Crippen LogP contribution in [0.4, 0.5) is 4.79 Å². The highest BCUT2D eigenvalue weighted by molar-refractivity contribution is 5.60. The largest absolute Gasteiger partial charge is 0.510 e. The summed E-state index contributed by atoms with van der Waals surface area (Å²) in [5.41, 5.74) is 0. The van der Waals surface area contributed by atoms with Crippen molar-refractivity contribution in [1.29, 1.82) is 0 Å². The van der Waals surface area contributed by atoms with Crippen molar-refractivity contribution in [3.05, 3.63) is 0 Å². The van der Waals surface area contributed by atoms with E-state index < -0.39 is 11.9 Å². The van der Waals surface area contributed by atoms with Crippen LogP contribution in [-0.4, -0.2) is 25.2 Å². The molecule has 4 nitrogen and oxygen atoms in total. The minimum atomic E-state index is -0.649. The third-order valence-corrected chi connectivity index (χ3v) is 3.66. The van der Waals surface area contributed by atoms with Crippen LogP contribution in [0.25, 0.3) is 0 Å². The molecule has 0 spiro atoms. The van der Waals surface area contributed by atoms with Gasteiger partial charge < -0.3 is 14.2 Å². The summed E-state index contributed by atoms with van der Waals surface area (Å²) < 4.78 is 15.2. The number of rotatable bonds is 5. The van der Waals surface area contributed by atoms with Gasteiger partial charge in [-0.15, -0.1) is 0 Å². The van der Waals surface area contributed by atoms with Gasteiger partial charge in [-0.3, -0.25) is 0 Å². The van der Waals surface area contributed by atoms with Crippen molar-refractivity contribution in [1.82, 2.24) is 0 Å². The van der Waals surface area contributed by atoms with Crippen molar-refractivity contribution in [2.75, 3.05) is 13.2 Å². The van der Waals surface area contributed by atoms with Crippen LogP contribution in [0.2, 0.25) is 0 Å². The summed E-state index contributed by atoms with van der Waals surface area (Å²) >= 11 is 0. The monoisotopic (exact) mass is 242 g/mol. The van der Waals surface area contributed by atoms with E-state index in [0.29, 0.717) is 13.2 Å². The second-order valence-electron chi connectivity index (χ2n) is 5.03. The van der Waals surface area contributed by atoms with Gasteiger partial charge in [0.25, 0.3) is 0 Å². The summed E-state index contributed by atoms with van der Waals surface area (Å²) in [7, 11) is 0. The van der Waals surface area contributed by atoms with Crippen molar-refractivity contribution in [2.24, 2.45) is 5.92 Å². The maximum absolute atomic E-state index is 11.2. The normalized spacial score (nSPS) is 28.8. The maximum atomic E-state index is 11.2. The van der Waals surface area contributed by atoms with Gasteiger partial charge in [0.1, 0.15) is 6.61 Å². The zero-order chi connectivity index (χ0) is 12.1. The van der Waals surface area contributed by atoms with Crippen LogP contribution in [0.3, 0.4) is 0 Å². The molecule has 1 saturated heterocycles. The van der Waals surface area contributed by atoms with Crippen molar-refractivity contribution >= 4 is 6.16 Å². The Labute approximate surface area is 103 Å². The van der Waals surface area contributed by atoms with E-state index in [9.17, 15) is 4.79 Å². The molecule has 0 aromatic heterocycles. The lowest BCUT2D eigenvalue weighted by Gasteiger charge is -2.22. The van der Waals surface area contributed by atoms with Gasteiger partial charge in [0, 0.05) is 6.42 Å².